The minimum atomic E-state index is -0.246. The Bertz CT molecular complexity index is 945. The first-order valence-corrected chi connectivity index (χ1v) is 11.5. The first kappa shape index (κ1) is 25.2. The number of piperidine rings is 1. The number of halogens is 1. The number of likely N-dealkylation sites (tertiary alicyclic amines) is 1. The second-order valence-corrected chi connectivity index (χ2v) is 9.14. The zero-order valence-corrected chi connectivity index (χ0v) is 20.3. The van der Waals surface area contributed by atoms with Gasteiger partial charge in [-0.2, -0.15) is 0 Å². The summed E-state index contributed by atoms with van der Waals surface area (Å²) in [6, 6.07) is 17.6. The van der Waals surface area contributed by atoms with Crippen molar-refractivity contribution in [2.75, 3.05) is 38.0 Å². The molecule has 4 rings (SSSR count). The summed E-state index contributed by atoms with van der Waals surface area (Å²) in [5, 5.41) is 2.85. The second kappa shape index (κ2) is 11.1. The Hall–Kier alpha value is -2.41. The van der Waals surface area contributed by atoms with Gasteiger partial charge < -0.3 is 19.9 Å². The first-order valence-electron chi connectivity index (χ1n) is 11.5. The average Bonchev–Trinajstić information content (AvgIpc) is 2.78. The van der Waals surface area contributed by atoms with Gasteiger partial charge in [0, 0.05) is 44.4 Å². The third-order valence-electron chi connectivity index (χ3n) is 6.45. The number of carbonyl (C=O) groups excluding carboxylic acids is 2. The molecule has 1 N–H and O–H groups in total. The van der Waals surface area contributed by atoms with E-state index in [0.717, 1.165) is 50.1 Å². The Morgan fingerprint density at radius 3 is 2.52 bits per heavy atom. The lowest BCUT2D eigenvalue weighted by Crippen LogP contribution is -2.60. The van der Waals surface area contributed by atoms with Gasteiger partial charge >= 0.3 is 0 Å². The number of hydrogen-bond donors (Lipinski definition) is 1. The highest BCUT2D eigenvalue weighted by Gasteiger charge is 2.43. The van der Waals surface area contributed by atoms with Gasteiger partial charge in [0.15, 0.2) is 0 Å². The topological polar surface area (TPSA) is 61.9 Å². The fraction of sp³-hybridized carbons (Fsp3) is 0.462. The molecule has 0 radical (unpaired) electrons. The minimum Gasteiger partial charge on any atom is -0.368 e. The molecule has 2 saturated heterocycles. The number of benzene rings is 2. The Morgan fingerprint density at radius 1 is 1.09 bits per heavy atom. The molecule has 2 fully saturated rings. The molecular weight excluding hydrogens is 438 g/mol. The molecule has 2 aromatic rings. The van der Waals surface area contributed by atoms with Crippen LogP contribution in [0.4, 0.5) is 5.69 Å². The lowest BCUT2D eigenvalue weighted by atomic mass is 9.88. The van der Waals surface area contributed by atoms with Crippen molar-refractivity contribution >= 4 is 29.9 Å². The predicted octanol–water partition coefficient (Wildman–Crippen LogP) is 4.01. The zero-order valence-electron chi connectivity index (χ0n) is 19.5. The van der Waals surface area contributed by atoms with E-state index in [-0.39, 0.29) is 35.9 Å². The molecule has 0 saturated carbocycles. The molecule has 2 amide bonds. The molecule has 2 aliphatic heterocycles. The molecule has 0 aliphatic carbocycles. The summed E-state index contributed by atoms with van der Waals surface area (Å²) in [7, 11) is 0. The maximum absolute atomic E-state index is 13.0. The number of rotatable bonds is 5. The van der Waals surface area contributed by atoms with Crippen LogP contribution in [0.2, 0.25) is 0 Å². The van der Waals surface area contributed by atoms with Crippen molar-refractivity contribution in [2.45, 2.75) is 44.8 Å². The molecule has 1 unspecified atom stereocenters. The Kier molecular flexibility index (Phi) is 8.51. The third kappa shape index (κ3) is 6.56. The maximum Gasteiger partial charge on any atom is 0.254 e. The Labute approximate surface area is 202 Å². The monoisotopic (exact) mass is 471 g/mol. The van der Waals surface area contributed by atoms with Crippen molar-refractivity contribution in [1.82, 2.24) is 9.80 Å². The summed E-state index contributed by atoms with van der Waals surface area (Å²) in [4.78, 5) is 28.8. The number of amides is 2. The van der Waals surface area contributed by atoms with Gasteiger partial charge in [-0.15, -0.1) is 12.4 Å². The van der Waals surface area contributed by atoms with Crippen LogP contribution in [0.3, 0.4) is 0 Å². The first-order chi connectivity index (χ1) is 15.4. The molecular formula is C26H34ClN3O3. The summed E-state index contributed by atoms with van der Waals surface area (Å²) in [5.74, 6) is 0.0478. The van der Waals surface area contributed by atoms with Crippen LogP contribution >= 0.6 is 12.4 Å². The normalized spacial score (nSPS) is 20.2. The van der Waals surface area contributed by atoms with Gasteiger partial charge in [0.1, 0.15) is 0 Å². The van der Waals surface area contributed by atoms with Gasteiger partial charge in [-0.3, -0.25) is 9.59 Å². The quantitative estimate of drug-likeness (QED) is 0.715. The van der Waals surface area contributed by atoms with E-state index < -0.39 is 0 Å². The van der Waals surface area contributed by atoms with Gasteiger partial charge in [0.25, 0.3) is 5.91 Å². The highest BCUT2D eigenvalue weighted by molar-refractivity contribution is 5.94. The second-order valence-electron chi connectivity index (χ2n) is 9.14. The van der Waals surface area contributed by atoms with Crippen molar-refractivity contribution in [2.24, 2.45) is 0 Å². The largest absolute Gasteiger partial charge is 0.368 e. The number of carbonyl (C=O) groups is 2. The van der Waals surface area contributed by atoms with Crippen LogP contribution in [-0.4, -0.2) is 66.0 Å². The van der Waals surface area contributed by atoms with E-state index in [1.807, 2.05) is 53.4 Å². The van der Waals surface area contributed by atoms with Gasteiger partial charge in [0.05, 0.1) is 18.2 Å². The van der Waals surface area contributed by atoms with Crippen molar-refractivity contribution in [3.05, 3.63) is 65.7 Å². The van der Waals surface area contributed by atoms with E-state index in [2.05, 4.69) is 23.2 Å². The summed E-state index contributed by atoms with van der Waals surface area (Å²) in [6.45, 7) is 7.81. The summed E-state index contributed by atoms with van der Waals surface area (Å²) < 4.78 is 6.43. The molecule has 0 bridgehead atoms. The molecule has 1 spiro atoms. The van der Waals surface area contributed by atoms with Crippen LogP contribution in [0.1, 0.15) is 42.6 Å². The minimum absolute atomic E-state index is 0. The molecule has 1 atom stereocenters. The number of nitrogens with zero attached hydrogens (tertiary/aromatic N) is 2. The van der Waals surface area contributed by atoms with Gasteiger partial charge in [-0.25, -0.2) is 0 Å². The van der Waals surface area contributed by atoms with Crippen LogP contribution in [-0.2, 0) is 16.0 Å². The van der Waals surface area contributed by atoms with E-state index in [4.69, 9.17) is 4.74 Å². The van der Waals surface area contributed by atoms with Crippen LogP contribution in [0.25, 0.3) is 0 Å². The van der Waals surface area contributed by atoms with E-state index in [1.54, 1.807) is 0 Å². The predicted molar refractivity (Wildman–Crippen MR) is 133 cm³/mol. The number of morpholine rings is 1. The third-order valence-corrected chi connectivity index (χ3v) is 6.45. The van der Waals surface area contributed by atoms with E-state index in [0.29, 0.717) is 13.1 Å². The van der Waals surface area contributed by atoms with Gasteiger partial charge in [-0.05, 0) is 56.0 Å². The lowest BCUT2D eigenvalue weighted by Gasteiger charge is -2.49. The molecule has 7 heteroatoms. The molecule has 178 valence electrons. The average molecular weight is 472 g/mol. The Morgan fingerprint density at radius 2 is 1.82 bits per heavy atom. The van der Waals surface area contributed by atoms with Gasteiger partial charge in [0.2, 0.25) is 5.91 Å². The highest BCUT2D eigenvalue weighted by atomic mass is 35.5. The number of hydrogen-bond acceptors (Lipinski definition) is 4. The lowest BCUT2D eigenvalue weighted by molar-refractivity contribution is -0.161. The zero-order chi connectivity index (χ0) is 22.6. The fourth-order valence-electron chi connectivity index (χ4n) is 4.90. The van der Waals surface area contributed by atoms with Crippen LogP contribution in [0.15, 0.2) is 54.6 Å². The summed E-state index contributed by atoms with van der Waals surface area (Å²) >= 11 is 0. The fourth-order valence-corrected chi connectivity index (χ4v) is 4.90. The van der Waals surface area contributed by atoms with Crippen LogP contribution in [0, 0.1) is 0 Å². The Balaban J connectivity index is 0.00000306. The summed E-state index contributed by atoms with van der Waals surface area (Å²) in [5.41, 5.74) is 2.57. The van der Waals surface area contributed by atoms with Crippen LogP contribution in [0.5, 0.6) is 0 Å². The summed E-state index contributed by atoms with van der Waals surface area (Å²) in [6.07, 6.45) is 2.85. The molecule has 6 nitrogen and oxygen atoms in total. The number of anilines is 1. The van der Waals surface area contributed by atoms with E-state index >= 15 is 0 Å². The molecule has 33 heavy (non-hydrogen) atoms. The molecule has 2 aliphatic rings. The SMILES string of the molecule is CC(=O)Nc1cccc(CCN2CCC3(CC2)CN(C(=O)c2ccccc2)CC(C)O3)c1.Cl. The van der Waals surface area contributed by atoms with Crippen LogP contribution < -0.4 is 5.32 Å². The molecule has 2 heterocycles. The number of nitrogens with one attached hydrogen (secondary N) is 1. The van der Waals surface area contributed by atoms with Crippen molar-refractivity contribution in [1.29, 1.82) is 0 Å². The van der Waals surface area contributed by atoms with Gasteiger partial charge in [-0.1, -0.05) is 30.3 Å². The highest BCUT2D eigenvalue weighted by Crippen LogP contribution is 2.33. The smallest absolute Gasteiger partial charge is 0.254 e. The standard InChI is InChI=1S/C26H33N3O3.ClH/c1-20-18-29(25(31)23-8-4-3-5-9-23)19-26(32-20)12-15-28(16-13-26)14-11-22-7-6-10-24(17-22)27-21(2)30;/h3-10,17,20H,11-16,18-19H2,1-2H3,(H,27,30);1H. The van der Waals surface area contributed by atoms with E-state index in [1.165, 1.54) is 12.5 Å². The van der Waals surface area contributed by atoms with E-state index in [9.17, 15) is 9.59 Å². The molecule has 2 aromatic carbocycles. The molecule has 0 aromatic heterocycles. The van der Waals surface area contributed by atoms with Crippen molar-refractivity contribution < 1.29 is 14.3 Å². The maximum atomic E-state index is 13.0. The number of ether oxygens (including phenoxy) is 1. The van der Waals surface area contributed by atoms with Crippen molar-refractivity contribution in [3.63, 3.8) is 0 Å². The van der Waals surface area contributed by atoms with Crippen molar-refractivity contribution in [3.8, 4) is 0 Å².